The highest BCUT2D eigenvalue weighted by Crippen LogP contribution is 2.38. The zero-order chi connectivity index (χ0) is 13.8. The largest absolute Gasteiger partial charge is 0.297 e. The summed E-state index contributed by atoms with van der Waals surface area (Å²) < 4.78 is 0. The van der Waals surface area contributed by atoms with E-state index in [0.717, 1.165) is 0 Å². The maximum atomic E-state index is 5.59. The van der Waals surface area contributed by atoms with Gasteiger partial charge in [-0.1, -0.05) is 54.6 Å². The second-order valence-corrected chi connectivity index (χ2v) is 5.61. The van der Waals surface area contributed by atoms with Gasteiger partial charge in [0.1, 0.15) is 0 Å². The molecular formula is C18H21NO. The Morgan fingerprint density at radius 1 is 1.00 bits per heavy atom. The van der Waals surface area contributed by atoms with E-state index < -0.39 is 0 Å². The molecule has 0 radical (unpaired) electrons. The van der Waals surface area contributed by atoms with Crippen LogP contribution in [0.3, 0.4) is 0 Å². The lowest BCUT2D eigenvalue weighted by molar-refractivity contribution is -0.0198. The highest BCUT2D eigenvalue weighted by molar-refractivity contribution is 5.31. The molecule has 20 heavy (non-hydrogen) atoms. The summed E-state index contributed by atoms with van der Waals surface area (Å²) in [6, 6.07) is 19.4. The summed E-state index contributed by atoms with van der Waals surface area (Å²) in [7, 11) is 0. The SMILES string of the molecule is Cc1ccccc1C1CC(NOCc2ccccc2)C1. The summed E-state index contributed by atoms with van der Waals surface area (Å²) in [5.74, 6) is 0.689. The average molecular weight is 267 g/mol. The molecule has 1 aliphatic rings. The minimum Gasteiger partial charge on any atom is -0.297 e. The molecule has 104 valence electrons. The van der Waals surface area contributed by atoms with Gasteiger partial charge < -0.3 is 0 Å². The maximum absolute atomic E-state index is 5.59. The van der Waals surface area contributed by atoms with Crippen LogP contribution in [0.4, 0.5) is 0 Å². The van der Waals surface area contributed by atoms with Crippen LogP contribution in [0.15, 0.2) is 54.6 Å². The van der Waals surface area contributed by atoms with Gasteiger partial charge in [0.05, 0.1) is 6.61 Å². The number of hydroxylamine groups is 1. The highest BCUT2D eigenvalue weighted by Gasteiger charge is 2.31. The molecule has 0 amide bonds. The molecule has 1 saturated carbocycles. The van der Waals surface area contributed by atoms with Crippen molar-refractivity contribution in [1.82, 2.24) is 5.48 Å². The predicted octanol–water partition coefficient (Wildman–Crippen LogP) is 3.96. The number of nitrogens with one attached hydrogen (secondary N) is 1. The number of hydrogen-bond donors (Lipinski definition) is 1. The van der Waals surface area contributed by atoms with E-state index in [9.17, 15) is 0 Å². The van der Waals surface area contributed by atoms with Gasteiger partial charge in [0.25, 0.3) is 0 Å². The molecular weight excluding hydrogens is 246 g/mol. The van der Waals surface area contributed by atoms with E-state index in [1.165, 1.54) is 29.5 Å². The molecule has 0 unspecified atom stereocenters. The van der Waals surface area contributed by atoms with Crippen LogP contribution >= 0.6 is 0 Å². The van der Waals surface area contributed by atoms with Gasteiger partial charge in [-0.05, 0) is 42.4 Å². The van der Waals surface area contributed by atoms with Crippen molar-refractivity contribution in [3.8, 4) is 0 Å². The number of aryl methyl sites for hydroxylation is 1. The molecule has 1 fully saturated rings. The van der Waals surface area contributed by atoms with Gasteiger partial charge in [0, 0.05) is 6.04 Å². The van der Waals surface area contributed by atoms with Crippen LogP contribution in [0.2, 0.25) is 0 Å². The van der Waals surface area contributed by atoms with Crippen LogP contribution < -0.4 is 5.48 Å². The van der Waals surface area contributed by atoms with Crippen LogP contribution in [-0.4, -0.2) is 6.04 Å². The molecule has 0 aromatic heterocycles. The smallest absolute Gasteiger partial charge is 0.0933 e. The summed E-state index contributed by atoms with van der Waals surface area (Å²) >= 11 is 0. The van der Waals surface area contributed by atoms with Crippen molar-refractivity contribution in [1.29, 1.82) is 0 Å². The van der Waals surface area contributed by atoms with E-state index in [2.05, 4.69) is 48.8 Å². The fraction of sp³-hybridized carbons (Fsp3) is 0.333. The Morgan fingerprint density at radius 3 is 2.45 bits per heavy atom. The van der Waals surface area contributed by atoms with Crippen molar-refractivity contribution >= 4 is 0 Å². The van der Waals surface area contributed by atoms with E-state index in [1.54, 1.807) is 0 Å². The number of rotatable bonds is 5. The Hall–Kier alpha value is -1.64. The zero-order valence-corrected chi connectivity index (χ0v) is 11.9. The predicted molar refractivity (Wildman–Crippen MR) is 81.3 cm³/mol. The Kier molecular flexibility index (Phi) is 4.14. The minimum absolute atomic E-state index is 0.489. The minimum atomic E-state index is 0.489. The lowest BCUT2D eigenvalue weighted by atomic mass is 9.75. The first-order valence-electron chi connectivity index (χ1n) is 7.29. The molecule has 0 aliphatic heterocycles. The summed E-state index contributed by atoms with van der Waals surface area (Å²) in [4.78, 5) is 5.59. The summed E-state index contributed by atoms with van der Waals surface area (Å²) in [5, 5.41) is 0. The lowest BCUT2D eigenvalue weighted by Gasteiger charge is -2.36. The molecule has 2 nitrogen and oxygen atoms in total. The molecule has 0 bridgehead atoms. The van der Waals surface area contributed by atoms with Gasteiger partial charge in [0.15, 0.2) is 0 Å². The van der Waals surface area contributed by atoms with Gasteiger partial charge >= 0.3 is 0 Å². The normalized spacial score (nSPS) is 21.4. The fourth-order valence-corrected chi connectivity index (χ4v) is 2.83. The Bertz CT molecular complexity index is 546. The third-order valence-corrected chi connectivity index (χ3v) is 4.10. The lowest BCUT2D eigenvalue weighted by Crippen LogP contribution is -2.40. The first-order valence-corrected chi connectivity index (χ1v) is 7.29. The van der Waals surface area contributed by atoms with Gasteiger partial charge in [-0.25, -0.2) is 0 Å². The van der Waals surface area contributed by atoms with E-state index in [-0.39, 0.29) is 0 Å². The van der Waals surface area contributed by atoms with Gasteiger partial charge in [-0.15, -0.1) is 0 Å². The van der Waals surface area contributed by atoms with E-state index >= 15 is 0 Å². The van der Waals surface area contributed by atoms with Crippen LogP contribution in [0.5, 0.6) is 0 Å². The van der Waals surface area contributed by atoms with Crippen LogP contribution in [0.25, 0.3) is 0 Å². The highest BCUT2D eigenvalue weighted by atomic mass is 16.6. The first-order chi connectivity index (χ1) is 9.83. The van der Waals surface area contributed by atoms with Crippen molar-refractivity contribution in [3.05, 3.63) is 71.3 Å². The molecule has 0 atom stereocenters. The quantitative estimate of drug-likeness (QED) is 0.828. The Labute approximate surface area is 120 Å². The second-order valence-electron chi connectivity index (χ2n) is 5.61. The van der Waals surface area contributed by atoms with Crippen molar-refractivity contribution in [3.63, 3.8) is 0 Å². The monoisotopic (exact) mass is 267 g/mol. The third-order valence-electron chi connectivity index (χ3n) is 4.10. The van der Waals surface area contributed by atoms with Gasteiger partial charge in [-0.2, -0.15) is 5.48 Å². The van der Waals surface area contributed by atoms with Crippen LogP contribution in [0, 0.1) is 6.92 Å². The van der Waals surface area contributed by atoms with Gasteiger partial charge in [-0.3, -0.25) is 4.84 Å². The first kappa shape index (κ1) is 13.3. The molecule has 2 aromatic rings. The summed E-state index contributed by atoms with van der Waals surface area (Å²) in [5.41, 5.74) is 7.29. The summed E-state index contributed by atoms with van der Waals surface area (Å²) in [6.07, 6.45) is 2.33. The third kappa shape index (κ3) is 3.09. The molecule has 1 aliphatic carbocycles. The van der Waals surface area contributed by atoms with Crippen molar-refractivity contribution < 1.29 is 4.84 Å². The van der Waals surface area contributed by atoms with Crippen molar-refractivity contribution in [2.45, 2.75) is 38.3 Å². The molecule has 0 saturated heterocycles. The van der Waals surface area contributed by atoms with Crippen LogP contribution in [0.1, 0.15) is 35.4 Å². The zero-order valence-electron chi connectivity index (χ0n) is 11.9. The van der Waals surface area contributed by atoms with Crippen molar-refractivity contribution in [2.24, 2.45) is 0 Å². The number of hydrogen-bond acceptors (Lipinski definition) is 2. The average Bonchev–Trinajstić information content (AvgIpc) is 2.44. The van der Waals surface area contributed by atoms with Gasteiger partial charge in [0.2, 0.25) is 0 Å². The van der Waals surface area contributed by atoms with E-state index in [4.69, 9.17) is 4.84 Å². The fourth-order valence-electron chi connectivity index (χ4n) is 2.83. The molecule has 2 aromatic carbocycles. The van der Waals surface area contributed by atoms with Crippen LogP contribution in [-0.2, 0) is 11.4 Å². The molecule has 1 N–H and O–H groups in total. The number of benzene rings is 2. The molecule has 0 spiro atoms. The topological polar surface area (TPSA) is 21.3 Å². The molecule has 0 heterocycles. The Balaban J connectivity index is 1.42. The summed E-state index contributed by atoms with van der Waals surface area (Å²) in [6.45, 7) is 2.83. The van der Waals surface area contributed by atoms with E-state index in [1.807, 2.05) is 18.2 Å². The standard InChI is InChI=1S/C18H21NO/c1-14-7-5-6-10-18(14)16-11-17(12-16)19-20-13-15-8-3-2-4-9-15/h2-10,16-17,19H,11-13H2,1H3. The molecule has 3 rings (SSSR count). The maximum Gasteiger partial charge on any atom is 0.0933 e. The second kappa shape index (κ2) is 6.21. The van der Waals surface area contributed by atoms with E-state index in [0.29, 0.717) is 18.6 Å². The van der Waals surface area contributed by atoms with Crippen molar-refractivity contribution in [2.75, 3.05) is 0 Å². The molecule has 2 heteroatoms. The Morgan fingerprint density at radius 2 is 1.70 bits per heavy atom.